The quantitative estimate of drug-likeness (QED) is 0.803. The Bertz CT molecular complexity index is 491. The Morgan fingerprint density at radius 1 is 1.50 bits per heavy atom. The predicted octanol–water partition coefficient (Wildman–Crippen LogP) is 3.02. The molecular formula is C9H9ClN4S2. The summed E-state index contributed by atoms with van der Waals surface area (Å²) in [6, 6.07) is 4.50. The zero-order chi connectivity index (χ0) is 11.0. The third kappa shape index (κ3) is 2.23. The van der Waals surface area contributed by atoms with Crippen molar-refractivity contribution in [3.05, 3.63) is 21.3 Å². The number of thiophene rings is 1. The molecule has 84 valence electrons. The summed E-state index contributed by atoms with van der Waals surface area (Å²) in [7, 11) is 0. The number of halogens is 1. The molecule has 0 radical (unpaired) electrons. The van der Waals surface area contributed by atoms with Crippen LogP contribution in [0.25, 0.3) is 0 Å². The molecule has 1 aliphatic rings. The number of hydrogen-bond acceptors (Lipinski definition) is 5. The molecule has 2 aromatic heterocycles. The van der Waals surface area contributed by atoms with Crippen molar-refractivity contribution in [3.63, 3.8) is 0 Å². The van der Waals surface area contributed by atoms with Gasteiger partial charge in [0.05, 0.1) is 10.4 Å². The van der Waals surface area contributed by atoms with Crippen LogP contribution in [-0.4, -0.2) is 20.2 Å². The van der Waals surface area contributed by atoms with Gasteiger partial charge >= 0.3 is 0 Å². The van der Waals surface area contributed by atoms with Gasteiger partial charge in [0.2, 0.25) is 5.16 Å². The molecule has 0 amide bonds. The standard InChI is InChI=1S/C9H9ClN4S2/c10-8-4-3-7(16-8)5-15-9-11-12-13-14(9)6-1-2-6/h3-4,6H,1-2,5H2. The predicted molar refractivity (Wildman–Crippen MR) is 65.0 cm³/mol. The summed E-state index contributed by atoms with van der Waals surface area (Å²) < 4.78 is 2.76. The third-order valence-electron chi connectivity index (χ3n) is 2.33. The SMILES string of the molecule is Clc1ccc(CSc2nnnn2C2CC2)s1. The molecule has 0 aliphatic heterocycles. The summed E-state index contributed by atoms with van der Waals surface area (Å²) in [5, 5.41) is 12.7. The van der Waals surface area contributed by atoms with Gasteiger partial charge in [-0.1, -0.05) is 23.4 Å². The zero-order valence-corrected chi connectivity index (χ0v) is 10.7. The van der Waals surface area contributed by atoms with Crippen LogP contribution in [0.2, 0.25) is 4.34 Å². The summed E-state index contributed by atoms with van der Waals surface area (Å²) in [5.41, 5.74) is 0. The average molecular weight is 273 g/mol. The van der Waals surface area contributed by atoms with E-state index in [0.717, 1.165) is 15.2 Å². The maximum Gasteiger partial charge on any atom is 0.209 e. The van der Waals surface area contributed by atoms with Crippen LogP contribution >= 0.6 is 34.7 Å². The molecule has 1 fully saturated rings. The number of thioether (sulfide) groups is 1. The Balaban J connectivity index is 1.67. The second kappa shape index (κ2) is 4.35. The van der Waals surface area contributed by atoms with Gasteiger partial charge in [-0.15, -0.1) is 16.4 Å². The molecule has 0 atom stereocenters. The number of rotatable bonds is 4. The fraction of sp³-hybridized carbons (Fsp3) is 0.444. The van der Waals surface area contributed by atoms with E-state index in [9.17, 15) is 0 Å². The number of tetrazole rings is 1. The highest BCUT2D eigenvalue weighted by atomic mass is 35.5. The van der Waals surface area contributed by atoms with E-state index in [4.69, 9.17) is 11.6 Å². The minimum absolute atomic E-state index is 0.532. The van der Waals surface area contributed by atoms with Crippen molar-refractivity contribution >= 4 is 34.7 Å². The van der Waals surface area contributed by atoms with Crippen LogP contribution in [0.1, 0.15) is 23.8 Å². The highest BCUT2D eigenvalue weighted by molar-refractivity contribution is 7.98. The fourth-order valence-electron chi connectivity index (χ4n) is 1.39. The molecule has 0 bridgehead atoms. The van der Waals surface area contributed by atoms with E-state index >= 15 is 0 Å². The summed E-state index contributed by atoms with van der Waals surface area (Å²) in [4.78, 5) is 1.25. The Kier molecular flexibility index (Phi) is 2.87. The van der Waals surface area contributed by atoms with E-state index in [-0.39, 0.29) is 0 Å². The van der Waals surface area contributed by atoms with Crippen molar-refractivity contribution in [2.75, 3.05) is 0 Å². The average Bonchev–Trinajstić information content (AvgIpc) is 2.86. The summed E-state index contributed by atoms with van der Waals surface area (Å²) in [5.74, 6) is 0.879. The zero-order valence-electron chi connectivity index (χ0n) is 8.34. The van der Waals surface area contributed by atoms with Crippen molar-refractivity contribution in [2.45, 2.75) is 29.8 Å². The first-order chi connectivity index (χ1) is 7.83. The topological polar surface area (TPSA) is 43.6 Å². The van der Waals surface area contributed by atoms with Gasteiger partial charge < -0.3 is 0 Å². The van der Waals surface area contributed by atoms with Crippen LogP contribution in [0, 0.1) is 0 Å². The van der Waals surface area contributed by atoms with Gasteiger partial charge in [-0.25, -0.2) is 4.68 Å². The molecule has 1 saturated carbocycles. The monoisotopic (exact) mass is 272 g/mol. The van der Waals surface area contributed by atoms with Gasteiger partial charge in [-0.05, 0) is 35.4 Å². The van der Waals surface area contributed by atoms with E-state index in [1.54, 1.807) is 23.1 Å². The number of hydrogen-bond donors (Lipinski definition) is 0. The molecule has 1 aliphatic carbocycles. The van der Waals surface area contributed by atoms with Gasteiger partial charge in [0.25, 0.3) is 0 Å². The van der Waals surface area contributed by atoms with Crippen LogP contribution in [-0.2, 0) is 5.75 Å². The van der Waals surface area contributed by atoms with E-state index in [0.29, 0.717) is 6.04 Å². The molecule has 4 nitrogen and oxygen atoms in total. The summed E-state index contributed by atoms with van der Waals surface area (Å²) >= 11 is 9.15. The first-order valence-electron chi connectivity index (χ1n) is 4.98. The molecule has 16 heavy (non-hydrogen) atoms. The second-order valence-electron chi connectivity index (χ2n) is 3.63. The molecule has 2 aromatic rings. The molecule has 7 heteroatoms. The van der Waals surface area contributed by atoms with Crippen molar-refractivity contribution in [1.82, 2.24) is 20.2 Å². The minimum atomic E-state index is 0.532. The van der Waals surface area contributed by atoms with Crippen LogP contribution in [0.3, 0.4) is 0 Å². The summed E-state index contributed by atoms with van der Waals surface area (Å²) in [6.07, 6.45) is 2.40. The second-order valence-corrected chi connectivity index (χ2v) is 6.37. The lowest BCUT2D eigenvalue weighted by atomic mass is 10.5. The van der Waals surface area contributed by atoms with Gasteiger partial charge in [0.15, 0.2) is 0 Å². The van der Waals surface area contributed by atoms with Crippen molar-refractivity contribution in [1.29, 1.82) is 0 Å². The molecule has 0 unspecified atom stereocenters. The largest absolute Gasteiger partial charge is 0.217 e. The Morgan fingerprint density at radius 3 is 3.06 bits per heavy atom. The van der Waals surface area contributed by atoms with Crippen LogP contribution in [0.15, 0.2) is 17.3 Å². The first-order valence-corrected chi connectivity index (χ1v) is 7.16. The fourth-order valence-corrected chi connectivity index (χ4v) is 3.47. The Morgan fingerprint density at radius 2 is 2.38 bits per heavy atom. The maximum absolute atomic E-state index is 5.88. The van der Waals surface area contributed by atoms with Crippen molar-refractivity contribution < 1.29 is 0 Å². The lowest BCUT2D eigenvalue weighted by Gasteiger charge is -2.00. The highest BCUT2D eigenvalue weighted by Gasteiger charge is 2.27. The van der Waals surface area contributed by atoms with E-state index < -0.39 is 0 Å². The van der Waals surface area contributed by atoms with E-state index in [1.165, 1.54) is 17.7 Å². The molecule has 0 spiro atoms. The lowest BCUT2D eigenvalue weighted by molar-refractivity contribution is 0.565. The smallest absolute Gasteiger partial charge is 0.209 e. The molecule has 0 N–H and O–H groups in total. The Hall–Kier alpha value is -0.590. The summed E-state index contributed by atoms with van der Waals surface area (Å²) in [6.45, 7) is 0. The van der Waals surface area contributed by atoms with Crippen molar-refractivity contribution in [3.8, 4) is 0 Å². The normalized spacial score (nSPS) is 15.6. The molecule has 0 aromatic carbocycles. The van der Waals surface area contributed by atoms with Crippen molar-refractivity contribution in [2.24, 2.45) is 0 Å². The lowest BCUT2D eigenvalue weighted by Crippen LogP contribution is -1.98. The molecule has 2 heterocycles. The Labute approximate surface area is 106 Å². The van der Waals surface area contributed by atoms with Gasteiger partial charge in [0, 0.05) is 10.6 Å². The molecular weight excluding hydrogens is 264 g/mol. The van der Waals surface area contributed by atoms with Gasteiger partial charge in [-0.3, -0.25) is 0 Å². The van der Waals surface area contributed by atoms with Gasteiger partial charge in [-0.2, -0.15) is 0 Å². The molecule has 0 saturated heterocycles. The van der Waals surface area contributed by atoms with Crippen LogP contribution in [0.4, 0.5) is 0 Å². The highest BCUT2D eigenvalue weighted by Crippen LogP contribution is 2.37. The number of nitrogens with zero attached hydrogens (tertiary/aromatic N) is 4. The van der Waals surface area contributed by atoms with Crippen LogP contribution in [0.5, 0.6) is 0 Å². The number of aromatic nitrogens is 4. The maximum atomic E-state index is 5.88. The third-order valence-corrected chi connectivity index (χ3v) is 4.72. The molecule has 3 rings (SSSR count). The van der Waals surface area contributed by atoms with E-state index in [1.807, 2.05) is 16.8 Å². The van der Waals surface area contributed by atoms with Crippen LogP contribution < -0.4 is 0 Å². The van der Waals surface area contributed by atoms with E-state index in [2.05, 4.69) is 15.5 Å². The van der Waals surface area contributed by atoms with Gasteiger partial charge in [0.1, 0.15) is 0 Å². The first kappa shape index (κ1) is 10.6. The minimum Gasteiger partial charge on any atom is -0.217 e.